The summed E-state index contributed by atoms with van der Waals surface area (Å²) in [6.45, 7) is 1.71. The van der Waals surface area contributed by atoms with E-state index in [1.165, 1.54) is 7.11 Å². The Kier molecular flexibility index (Phi) is 6.39. The Bertz CT molecular complexity index is 727. The fourth-order valence-corrected chi connectivity index (χ4v) is 2.34. The van der Waals surface area contributed by atoms with Crippen molar-refractivity contribution in [1.82, 2.24) is 5.32 Å². The molecule has 0 heterocycles. The zero-order valence-electron chi connectivity index (χ0n) is 14.2. The van der Waals surface area contributed by atoms with Crippen molar-refractivity contribution in [1.29, 1.82) is 0 Å². The van der Waals surface area contributed by atoms with E-state index in [-0.39, 0.29) is 13.0 Å². The van der Waals surface area contributed by atoms with Crippen LogP contribution in [0, 0.1) is 6.92 Å². The summed E-state index contributed by atoms with van der Waals surface area (Å²) in [5, 5.41) is 11.8. The number of benzene rings is 2. The van der Waals surface area contributed by atoms with Gasteiger partial charge in [-0.2, -0.15) is 0 Å². The molecule has 25 heavy (non-hydrogen) atoms. The Hall–Kier alpha value is -3.02. The van der Waals surface area contributed by atoms with Crippen molar-refractivity contribution in [3.63, 3.8) is 0 Å². The number of carbonyl (C=O) groups excluding carboxylic acids is 1. The van der Waals surface area contributed by atoms with Gasteiger partial charge >= 0.3 is 5.97 Å². The van der Waals surface area contributed by atoms with Crippen molar-refractivity contribution in [3.05, 3.63) is 59.7 Å². The molecule has 0 aliphatic rings. The summed E-state index contributed by atoms with van der Waals surface area (Å²) >= 11 is 0. The van der Waals surface area contributed by atoms with Crippen LogP contribution in [-0.2, 0) is 9.59 Å². The highest BCUT2D eigenvalue weighted by Crippen LogP contribution is 2.25. The highest BCUT2D eigenvalue weighted by Gasteiger charge is 2.18. The molecular weight excluding hydrogens is 322 g/mol. The topological polar surface area (TPSA) is 84.9 Å². The molecule has 0 unspecified atom stereocenters. The van der Waals surface area contributed by atoms with E-state index in [9.17, 15) is 9.59 Å². The highest BCUT2D eigenvalue weighted by molar-refractivity contribution is 5.79. The average molecular weight is 343 g/mol. The number of aryl methyl sites for hydroxylation is 1. The summed E-state index contributed by atoms with van der Waals surface area (Å²) in [7, 11) is 1.52. The third-order valence-electron chi connectivity index (χ3n) is 3.62. The van der Waals surface area contributed by atoms with Gasteiger partial charge in [0, 0.05) is 0 Å². The minimum absolute atomic E-state index is 0.205. The van der Waals surface area contributed by atoms with Gasteiger partial charge in [0.25, 0.3) is 5.91 Å². The van der Waals surface area contributed by atoms with E-state index in [1.807, 2.05) is 31.2 Å². The van der Waals surface area contributed by atoms with E-state index < -0.39 is 17.9 Å². The zero-order chi connectivity index (χ0) is 18.2. The van der Waals surface area contributed by atoms with Gasteiger partial charge in [0.15, 0.2) is 18.1 Å². The van der Waals surface area contributed by atoms with Crippen molar-refractivity contribution < 1.29 is 24.2 Å². The quantitative estimate of drug-likeness (QED) is 0.770. The first-order chi connectivity index (χ1) is 12.0. The first-order valence-corrected chi connectivity index (χ1v) is 7.83. The smallest absolute Gasteiger partial charge is 0.305 e. The normalized spacial score (nSPS) is 11.4. The van der Waals surface area contributed by atoms with Gasteiger partial charge in [0.1, 0.15) is 0 Å². The van der Waals surface area contributed by atoms with Crippen molar-refractivity contribution in [3.8, 4) is 11.5 Å². The fraction of sp³-hybridized carbons (Fsp3) is 0.263. The van der Waals surface area contributed by atoms with Crippen LogP contribution in [-0.4, -0.2) is 30.7 Å². The van der Waals surface area contributed by atoms with Crippen LogP contribution in [0.25, 0.3) is 0 Å². The maximum absolute atomic E-state index is 12.2. The van der Waals surface area contributed by atoms with E-state index in [2.05, 4.69) is 5.32 Å². The maximum Gasteiger partial charge on any atom is 0.305 e. The summed E-state index contributed by atoms with van der Waals surface area (Å²) in [5.41, 5.74) is 1.79. The van der Waals surface area contributed by atoms with E-state index in [0.29, 0.717) is 11.5 Å². The molecule has 2 N–H and O–H groups in total. The van der Waals surface area contributed by atoms with Gasteiger partial charge in [-0.25, -0.2) is 0 Å². The predicted octanol–water partition coefficient (Wildman–Crippen LogP) is 2.71. The van der Waals surface area contributed by atoms with Gasteiger partial charge in [-0.3, -0.25) is 9.59 Å². The molecule has 0 aromatic heterocycles. The molecular formula is C19H21NO5. The van der Waals surface area contributed by atoms with Crippen LogP contribution >= 0.6 is 0 Å². The minimum atomic E-state index is -0.989. The Morgan fingerprint density at radius 1 is 1.08 bits per heavy atom. The molecule has 6 nitrogen and oxygen atoms in total. The molecule has 0 saturated heterocycles. The summed E-state index contributed by atoms with van der Waals surface area (Å²) in [6, 6.07) is 13.7. The molecule has 0 fully saturated rings. The lowest BCUT2D eigenvalue weighted by atomic mass is 10.0. The maximum atomic E-state index is 12.2. The fourth-order valence-electron chi connectivity index (χ4n) is 2.34. The summed E-state index contributed by atoms with van der Waals surface area (Å²) in [4.78, 5) is 23.3. The number of methoxy groups -OCH3 is 1. The second-order valence-corrected chi connectivity index (χ2v) is 5.57. The van der Waals surface area contributed by atoms with Crippen LogP contribution < -0.4 is 14.8 Å². The van der Waals surface area contributed by atoms with Crippen LogP contribution in [0.1, 0.15) is 23.6 Å². The lowest BCUT2D eigenvalue weighted by Crippen LogP contribution is -2.33. The summed E-state index contributed by atoms with van der Waals surface area (Å²) in [5.74, 6) is -0.421. The zero-order valence-corrected chi connectivity index (χ0v) is 14.2. The number of ether oxygens (including phenoxy) is 2. The first-order valence-electron chi connectivity index (χ1n) is 7.83. The molecule has 1 atom stereocenters. The lowest BCUT2D eigenvalue weighted by Gasteiger charge is -2.18. The molecule has 2 aromatic carbocycles. The van der Waals surface area contributed by atoms with Crippen molar-refractivity contribution >= 4 is 11.9 Å². The average Bonchev–Trinajstić information content (AvgIpc) is 2.60. The molecule has 0 saturated carbocycles. The standard InChI is InChI=1S/C19H21NO5/c1-13-7-9-14(10-8-13)15(11-19(22)23)20-18(21)12-25-17-6-4-3-5-16(17)24-2/h3-10,15H,11-12H2,1-2H3,(H,20,21)(H,22,23)/t15-/m0/s1. The number of carboxylic acid groups (broad SMARTS) is 1. The Morgan fingerprint density at radius 2 is 1.72 bits per heavy atom. The number of nitrogens with one attached hydrogen (secondary N) is 1. The van der Waals surface area contributed by atoms with Crippen molar-refractivity contribution in [2.75, 3.05) is 13.7 Å². The first kappa shape index (κ1) is 18.3. The number of rotatable bonds is 8. The third-order valence-corrected chi connectivity index (χ3v) is 3.62. The SMILES string of the molecule is COc1ccccc1OCC(=O)N[C@@H](CC(=O)O)c1ccc(C)cc1. The second kappa shape index (κ2) is 8.73. The number of amides is 1. The van der Waals surface area contributed by atoms with Crippen LogP contribution in [0.4, 0.5) is 0 Å². The second-order valence-electron chi connectivity index (χ2n) is 5.57. The molecule has 0 bridgehead atoms. The number of aliphatic carboxylic acids is 1. The lowest BCUT2D eigenvalue weighted by molar-refractivity contribution is -0.137. The van der Waals surface area contributed by atoms with Gasteiger partial charge in [-0.05, 0) is 24.6 Å². The summed E-state index contributed by atoms with van der Waals surface area (Å²) in [6.07, 6.45) is -0.205. The van der Waals surface area contributed by atoms with Crippen LogP contribution in [0.2, 0.25) is 0 Å². The predicted molar refractivity (Wildman–Crippen MR) is 92.8 cm³/mol. The van der Waals surface area contributed by atoms with E-state index in [1.54, 1.807) is 24.3 Å². The number of carbonyl (C=O) groups is 2. The van der Waals surface area contributed by atoms with Crippen LogP contribution in [0.15, 0.2) is 48.5 Å². The number of para-hydroxylation sites is 2. The molecule has 2 aromatic rings. The number of hydrogen-bond acceptors (Lipinski definition) is 4. The van der Waals surface area contributed by atoms with E-state index in [4.69, 9.17) is 14.6 Å². The molecule has 2 rings (SSSR count). The molecule has 1 amide bonds. The van der Waals surface area contributed by atoms with Gasteiger partial charge in [0.2, 0.25) is 0 Å². The summed E-state index contributed by atoms with van der Waals surface area (Å²) < 4.78 is 10.6. The van der Waals surface area contributed by atoms with Gasteiger partial charge in [-0.15, -0.1) is 0 Å². The highest BCUT2D eigenvalue weighted by atomic mass is 16.5. The van der Waals surface area contributed by atoms with Crippen molar-refractivity contribution in [2.24, 2.45) is 0 Å². The Morgan fingerprint density at radius 3 is 2.32 bits per heavy atom. The van der Waals surface area contributed by atoms with Crippen molar-refractivity contribution in [2.45, 2.75) is 19.4 Å². The Balaban J connectivity index is 2.01. The van der Waals surface area contributed by atoms with Gasteiger partial charge < -0.3 is 19.9 Å². The third kappa shape index (κ3) is 5.53. The monoisotopic (exact) mass is 343 g/mol. The minimum Gasteiger partial charge on any atom is -0.493 e. The molecule has 6 heteroatoms. The molecule has 0 aliphatic heterocycles. The number of carboxylic acids is 1. The molecule has 0 aliphatic carbocycles. The molecule has 0 radical (unpaired) electrons. The van der Waals surface area contributed by atoms with Crippen LogP contribution in [0.3, 0.4) is 0 Å². The van der Waals surface area contributed by atoms with Gasteiger partial charge in [0.05, 0.1) is 19.6 Å². The van der Waals surface area contributed by atoms with E-state index >= 15 is 0 Å². The Labute approximate surface area is 146 Å². The van der Waals surface area contributed by atoms with E-state index in [0.717, 1.165) is 11.1 Å². The molecule has 132 valence electrons. The van der Waals surface area contributed by atoms with Crippen LogP contribution in [0.5, 0.6) is 11.5 Å². The molecule has 0 spiro atoms. The largest absolute Gasteiger partial charge is 0.493 e. The number of hydrogen-bond donors (Lipinski definition) is 2. The van der Waals surface area contributed by atoms with Gasteiger partial charge in [-0.1, -0.05) is 42.0 Å².